The van der Waals surface area contributed by atoms with Gasteiger partial charge in [-0.1, -0.05) is 18.2 Å². The number of nitrogens with one attached hydrogen (secondary N) is 2. The van der Waals surface area contributed by atoms with Crippen LogP contribution in [-0.2, 0) is 22.9 Å². The number of rotatable bonds is 4. The largest absolute Gasteiger partial charge is 0.497 e. The van der Waals surface area contributed by atoms with Gasteiger partial charge in [0.2, 0.25) is 10.0 Å². The summed E-state index contributed by atoms with van der Waals surface area (Å²) in [6, 6.07) is 14.4. The van der Waals surface area contributed by atoms with Crippen molar-refractivity contribution in [2.45, 2.75) is 30.2 Å². The van der Waals surface area contributed by atoms with E-state index in [4.69, 9.17) is 4.74 Å². The van der Waals surface area contributed by atoms with Crippen molar-refractivity contribution in [2.75, 3.05) is 7.11 Å². The van der Waals surface area contributed by atoms with Crippen LogP contribution in [0.25, 0.3) is 10.9 Å². The molecule has 0 fully saturated rings. The maximum atomic E-state index is 12.6. The van der Waals surface area contributed by atoms with Gasteiger partial charge in [0.15, 0.2) is 0 Å². The van der Waals surface area contributed by atoms with E-state index in [1.807, 2.05) is 24.3 Å². The monoisotopic (exact) mass is 356 g/mol. The SMILES string of the molecule is COc1ccc2[nH]c3c(c2c1)CC(NS(=O)(=O)c1ccccc1)CC3. The Labute approximate surface area is 147 Å². The summed E-state index contributed by atoms with van der Waals surface area (Å²) in [5.74, 6) is 0.807. The third-order valence-electron chi connectivity index (χ3n) is 4.77. The Bertz CT molecular complexity index is 1010. The molecule has 6 heteroatoms. The van der Waals surface area contributed by atoms with Crippen LogP contribution in [0.3, 0.4) is 0 Å². The molecule has 0 spiro atoms. The van der Waals surface area contributed by atoms with Crippen molar-refractivity contribution in [3.8, 4) is 5.75 Å². The minimum Gasteiger partial charge on any atom is -0.497 e. The molecule has 1 unspecified atom stereocenters. The van der Waals surface area contributed by atoms with E-state index in [1.54, 1.807) is 31.4 Å². The molecule has 0 aliphatic heterocycles. The van der Waals surface area contributed by atoms with Crippen LogP contribution in [0.15, 0.2) is 53.4 Å². The molecule has 130 valence electrons. The van der Waals surface area contributed by atoms with E-state index in [0.717, 1.165) is 29.5 Å². The number of aryl methyl sites for hydroxylation is 1. The fourth-order valence-corrected chi connectivity index (χ4v) is 4.80. The molecule has 0 saturated carbocycles. The molecule has 2 aromatic carbocycles. The molecule has 4 rings (SSSR count). The number of sulfonamides is 1. The predicted molar refractivity (Wildman–Crippen MR) is 97.4 cm³/mol. The molecule has 2 N–H and O–H groups in total. The molecule has 1 aliphatic rings. The highest BCUT2D eigenvalue weighted by atomic mass is 32.2. The van der Waals surface area contributed by atoms with Crippen molar-refractivity contribution in [3.63, 3.8) is 0 Å². The van der Waals surface area contributed by atoms with Crippen LogP contribution in [-0.4, -0.2) is 26.6 Å². The Balaban J connectivity index is 1.62. The molecular weight excluding hydrogens is 336 g/mol. The highest BCUT2D eigenvalue weighted by molar-refractivity contribution is 7.89. The first-order chi connectivity index (χ1) is 12.1. The molecule has 1 aliphatic carbocycles. The lowest BCUT2D eigenvalue weighted by molar-refractivity contribution is 0.415. The number of methoxy groups -OCH3 is 1. The number of hydrogen-bond donors (Lipinski definition) is 2. The summed E-state index contributed by atoms with van der Waals surface area (Å²) in [6.45, 7) is 0. The molecule has 0 saturated heterocycles. The first-order valence-electron chi connectivity index (χ1n) is 8.31. The van der Waals surface area contributed by atoms with Crippen LogP contribution in [0.2, 0.25) is 0 Å². The minimum atomic E-state index is -3.50. The van der Waals surface area contributed by atoms with Gasteiger partial charge in [0.05, 0.1) is 12.0 Å². The molecule has 3 aromatic rings. The molecule has 0 amide bonds. The van der Waals surface area contributed by atoms with E-state index in [0.29, 0.717) is 11.3 Å². The number of benzene rings is 2. The standard InChI is InChI=1S/C19H20N2O3S/c1-24-14-8-10-19-17(12-14)16-11-13(7-9-18(16)20-19)21-25(22,23)15-5-3-2-4-6-15/h2-6,8,10,12-13,20-21H,7,9,11H2,1H3. The first kappa shape index (κ1) is 16.2. The summed E-state index contributed by atoms with van der Waals surface area (Å²) < 4.78 is 33.3. The topological polar surface area (TPSA) is 71.2 Å². The number of ether oxygens (including phenoxy) is 1. The van der Waals surface area contributed by atoms with Crippen LogP contribution in [0, 0.1) is 0 Å². The van der Waals surface area contributed by atoms with Crippen molar-refractivity contribution < 1.29 is 13.2 Å². The molecule has 1 aromatic heterocycles. The second kappa shape index (κ2) is 6.20. The van der Waals surface area contributed by atoms with Gasteiger partial charge in [-0.15, -0.1) is 0 Å². The van der Waals surface area contributed by atoms with E-state index < -0.39 is 10.0 Å². The van der Waals surface area contributed by atoms with E-state index >= 15 is 0 Å². The second-order valence-electron chi connectivity index (χ2n) is 6.37. The van der Waals surface area contributed by atoms with Crippen molar-refractivity contribution in [1.29, 1.82) is 0 Å². The van der Waals surface area contributed by atoms with Gasteiger partial charge in [-0.05, 0) is 55.2 Å². The fourth-order valence-electron chi connectivity index (χ4n) is 3.51. The van der Waals surface area contributed by atoms with Crippen LogP contribution in [0.4, 0.5) is 0 Å². The number of H-pyrrole nitrogens is 1. The van der Waals surface area contributed by atoms with Gasteiger partial charge in [-0.3, -0.25) is 0 Å². The molecule has 0 bridgehead atoms. The zero-order valence-electron chi connectivity index (χ0n) is 14.0. The molecular formula is C19H20N2O3S. The van der Waals surface area contributed by atoms with E-state index in [-0.39, 0.29) is 6.04 Å². The Hall–Kier alpha value is -2.31. The van der Waals surface area contributed by atoms with Gasteiger partial charge in [0, 0.05) is 22.6 Å². The smallest absolute Gasteiger partial charge is 0.240 e. The number of aromatic nitrogens is 1. The molecule has 0 radical (unpaired) electrons. The Morgan fingerprint density at radius 1 is 1.16 bits per heavy atom. The van der Waals surface area contributed by atoms with Gasteiger partial charge in [0.25, 0.3) is 0 Å². The lowest BCUT2D eigenvalue weighted by atomic mass is 9.92. The van der Waals surface area contributed by atoms with Crippen LogP contribution in [0.1, 0.15) is 17.7 Å². The lowest BCUT2D eigenvalue weighted by Crippen LogP contribution is -2.38. The van der Waals surface area contributed by atoms with Gasteiger partial charge >= 0.3 is 0 Å². The predicted octanol–water partition coefficient (Wildman–Crippen LogP) is 3.01. The average molecular weight is 356 g/mol. The maximum absolute atomic E-state index is 12.6. The third-order valence-corrected chi connectivity index (χ3v) is 6.31. The molecule has 1 atom stereocenters. The first-order valence-corrected chi connectivity index (χ1v) is 9.80. The van der Waals surface area contributed by atoms with Crippen LogP contribution >= 0.6 is 0 Å². The zero-order valence-corrected chi connectivity index (χ0v) is 14.8. The van der Waals surface area contributed by atoms with E-state index in [9.17, 15) is 8.42 Å². The van der Waals surface area contributed by atoms with Gasteiger partial charge in [-0.2, -0.15) is 0 Å². The highest BCUT2D eigenvalue weighted by Crippen LogP contribution is 2.32. The maximum Gasteiger partial charge on any atom is 0.240 e. The number of hydrogen-bond acceptors (Lipinski definition) is 3. The summed E-state index contributed by atoms with van der Waals surface area (Å²) in [4.78, 5) is 3.76. The Morgan fingerprint density at radius 2 is 1.96 bits per heavy atom. The number of aromatic amines is 1. The third kappa shape index (κ3) is 3.03. The average Bonchev–Trinajstić information content (AvgIpc) is 2.99. The summed E-state index contributed by atoms with van der Waals surface area (Å²) in [5, 5.41) is 1.11. The van der Waals surface area contributed by atoms with E-state index in [1.165, 1.54) is 11.3 Å². The van der Waals surface area contributed by atoms with Crippen LogP contribution < -0.4 is 9.46 Å². The highest BCUT2D eigenvalue weighted by Gasteiger charge is 2.26. The quantitative estimate of drug-likeness (QED) is 0.755. The summed E-state index contributed by atoms with van der Waals surface area (Å²) in [7, 11) is -1.85. The second-order valence-corrected chi connectivity index (χ2v) is 8.08. The summed E-state index contributed by atoms with van der Waals surface area (Å²) >= 11 is 0. The fraction of sp³-hybridized carbons (Fsp3) is 0.263. The van der Waals surface area contributed by atoms with Gasteiger partial charge in [0.1, 0.15) is 5.75 Å². The zero-order chi connectivity index (χ0) is 17.4. The summed E-state index contributed by atoms with van der Waals surface area (Å²) in [5.41, 5.74) is 3.44. The lowest BCUT2D eigenvalue weighted by Gasteiger charge is -2.23. The Kier molecular flexibility index (Phi) is 4.01. The normalized spacial score (nSPS) is 17.4. The van der Waals surface area contributed by atoms with Crippen LogP contribution in [0.5, 0.6) is 5.75 Å². The van der Waals surface area contributed by atoms with Crippen molar-refractivity contribution in [1.82, 2.24) is 9.71 Å². The van der Waals surface area contributed by atoms with Crippen molar-refractivity contribution in [2.24, 2.45) is 0 Å². The minimum absolute atomic E-state index is 0.108. The van der Waals surface area contributed by atoms with E-state index in [2.05, 4.69) is 9.71 Å². The summed E-state index contributed by atoms with van der Waals surface area (Å²) in [6.07, 6.45) is 2.28. The Morgan fingerprint density at radius 3 is 2.72 bits per heavy atom. The number of fused-ring (bicyclic) bond motifs is 3. The van der Waals surface area contributed by atoms with Gasteiger partial charge < -0.3 is 9.72 Å². The van der Waals surface area contributed by atoms with Crippen molar-refractivity contribution in [3.05, 3.63) is 59.8 Å². The van der Waals surface area contributed by atoms with Crippen molar-refractivity contribution >= 4 is 20.9 Å². The molecule has 25 heavy (non-hydrogen) atoms. The molecule has 5 nitrogen and oxygen atoms in total. The van der Waals surface area contributed by atoms with Gasteiger partial charge in [-0.25, -0.2) is 13.1 Å². The molecule has 1 heterocycles.